The Morgan fingerprint density at radius 2 is 2.00 bits per heavy atom. The molecular weight excluding hydrogens is 318 g/mol. The first kappa shape index (κ1) is 13.1. The molecule has 1 heterocycles. The highest BCUT2D eigenvalue weighted by atomic mass is 79.9. The number of nitrogens with zero attached hydrogens (tertiary/aromatic N) is 2. The first-order chi connectivity index (χ1) is 8.59. The van der Waals surface area contributed by atoms with Crippen LogP contribution in [0.3, 0.4) is 0 Å². The zero-order chi connectivity index (χ0) is 13.0. The highest BCUT2D eigenvalue weighted by Crippen LogP contribution is 2.12. The number of rotatable bonds is 5. The largest absolute Gasteiger partial charge is 0.283 e. The number of alkyl halides is 1. The van der Waals surface area contributed by atoms with Crippen molar-refractivity contribution in [1.29, 1.82) is 0 Å². The van der Waals surface area contributed by atoms with Gasteiger partial charge in [0.15, 0.2) is 0 Å². The molecular formula is C11H12BrN3O2S. The minimum Gasteiger partial charge on any atom is -0.283 e. The van der Waals surface area contributed by atoms with E-state index in [2.05, 4.69) is 25.8 Å². The lowest BCUT2D eigenvalue weighted by atomic mass is 10.2. The van der Waals surface area contributed by atoms with Crippen molar-refractivity contribution in [3.8, 4) is 0 Å². The van der Waals surface area contributed by atoms with Gasteiger partial charge in [-0.2, -0.15) is 5.10 Å². The van der Waals surface area contributed by atoms with Crippen molar-refractivity contribution in [2.24, 2.45) is 0 Å². The zero-order valence-corrected chi connectivity index (χ0v) is 11.9. The van der Waals surface area contributed by atoms with Crippen LogP contribution in [0.5, 0.6) is 0 Å². The summed E-state index contributed by atoms with van der Waals surface area (Å²) in [7, 11) is -3.29. The molecule has 0 radical (unpaired) electrons. The number of benzene rings is 1. The second kappa shape index (κ2) is 5.53. The molecule has 2 aromatic rings. The van der Waals surface area contributed by atoms with Gasteiger partial charge in [0.2, 0.25) is 10.0 Å². The minimum atomic E-state index is -3.29. The van der Waals surface area contributed by atoms with E-state index in [9.17, 15) is 8.42 Å². The molecule has 0 atom stereocenters. The predicted octanol–water partition coefficient (Wildman–Crippen LogP) is 2.03. The molecule has 0 bridgehead atoms. The second-order valence-electron chi connectivity index (χ2n) is 3.73. The van der Waals surface area contributed by atoms with Gasteiger partial charge >= 0.3 is 0 Å². The molecule has 0 saturated heterocycles. The van der Waals surface area contributed by atoms with Gasteiger partial charge in [0.25, 0.3) is 0 Å². The normalized spacial score (nSPS) is 11.4. The Bertz CT molecular complexity index is 594. The average Bonchev–Trinajstić information content (AvgIpc) is 2.84. The number of hydrogen-bond donors (Lipinski definition) is 1. The third-order valence-corrected chi connectivity index (χ3v) is 4.92. The molecule has 0 saturated carbocycles. The third kappa shape index (κ3) is 3.58. The first-order valence-corrected chi connectivity index (χ1v) is 7.99. The van der Waals surface area contributed by atoms with E-state index in [-0.39, 0.29) is 4.66 Å². The molecule has 1 N–H and O–H groups in total. The number of halogens is 1. The number of hydrogen-bond acceptors (Lipinski definition) is 3. The maximum absolute atomic E-state index is 11.3. The molecule has 5 nitrogen and oxygen atoms in total. The summed E-state index contributed by atoms with van der Waals surface area (Å²) < 4.78 is 26.8. The maximum atomic E-state index is 11.3. The van der Waals surface area contributed by atoms with Gasteiger partial charge in [0, 0.05) is 18.1 Å². The van der Waals surface area contributed by atoms with Gasteiger partial charge in [-0.05, 0) is 23.8 Å². The fourth-order valence-electron chi connectivity index (χ4n) is 1.47. The van der Waals surface area contributed by atoms with Gasteiger partial charge in [0.05, 0.1) is 6.54 Å². The van der Waals surface area contributed by atoms with Crippen molar-refractivity contribution in [1.82, 2.24) is 9.78 Å². The summed E-state index contributed by atoms with van der Waals surface area (Å²) in [6.07, 6.45) is 3.60. The molecule has 0 unspecified atom stereocenters. The molecule has 0 aliphatic rings. The summed E-state index contributed by atoms with van der Waals surface area (Å²) in [6.45, 7) is 0.665. The molecule has 0 spiro atoms. The van der Waals surface area contributed by atoms with Gasteiger partial charge in [-0.1, -0.05) is 28.1 Å². The van der Waals surface area contributed by atoms with Crippen LogP contribution in [-0.4, -0.2) is 22.9 Å². The summed E-state index contributed by atoms with van der Waals surface area (Å²) in [6, 6.07) is 9.07. The van der Waals surface area contributed by atoms with Gasteiger partial charge in [-0.25, -0.2) is 8.42 Å². The fourth-order valence-corrected chi connectivity index (χ4v) is 2.36. The number of nitrogens with one attached hydrogen (secondary N) is 1. The monoisotopic (exact) mass is 329 g/mol. The van der Waals surface area contributed by atoms with E-state index in [1.807, 2.05) is 24.4 Å². The maximum Gasteiger partial charge on any atom is 0.242 e. The summed E-state index contributed by atoms with van der Waals surface area (Å²) in [5.74, 6) is 0. The van der Waals surface area contributed by atoms with Crippen molar-refractivity contribution in [2.45, 2.75) is 6.54 Å². The number of anilines is 1. The SMILES string of the molecule is O=S(=O)(CBr)Nc1ccc(Cn2cccn2)cc1. The summed E-state index contributed by atoms with van der Waals surface area (Å²) in [5.41, 5.74) is 1.61. The minimum absolute atomic E-state index is 0.116. The van der Waals surface area contributed by atoms with Gasteiger partial charge in [-0.15, -0.1) is 0 Å². The zero-order valence-electron chi connectivity index (χ0n) is 9.45. The Morgan fingerprint density at radius 3 is 2.56 bits per heavy atom. The smallest absolute Gasteiger partial charge is 0.242 e. The van der Waals surface area contributed by atoms with E-state index in [1.54, 1.807) is 23.0 Å². The Labute approximate surface area is 114 Å². The lowest BCUT2D eigenvalue weighted by Crippen LogP contribution is -2.13. The Kier molecular flexibility index (Phi) is 4.03. The summed E-state index contributed by atoms with van der Waals surface area (Å²) >= 11 is 2.92. The van der Waals surface area contributed by atoms with Crippen LogP contribution >= 0.6 is 15.9 Å². The van der Waals surface area contributed by atoms with Crippen LogP contribution in [0, 0.1) is 0 Å². The third-order valence-electron chi connectivity index (χ3n) is 2.27. The molecule has 0 aliphatic heterocycles. The van der Waals surface area contributed by atoms with E-state index >= 15 is 0 Å². The van der Waals surface area contributed by atoms with Crippen LogP contribution in [0.25, 0.3) is 0 Å². The van der Waals surface area contributed by atoms with Crippen LogP contribution < -0.4 is 4.72 Å². The van der Waals surface area contributed by atoms with Crippen LogP contribution in [0.2, 0.25) is 0 Å². The molecule has 2 rings (SSSR count). The van der Waals surface area contributed by atoms with Crippen LogP contribution in [-0.2, 0) is 16.6 Å². The number of aromatic nitrogens is 2. The van der Waals surface area contributed by atoms with Crippen molar-refractivity contribution in [2.75, 3.05) is 9.38 Å². The molecule has 96 valence electrons. The van der Waals surface area contributed by atoms with Crippen molar-refractivity contribution in [3.05, 3.63) is 48.3 Å². The van der Waals surface area contributed by atoms with Gasteiger partial charge in [0.1, 0.15) is 4.66 Å². The fraction of sp³-hybridized carbons (Fsp3) is 0.182. The molecule has 1 aromatic carbocycles. The van der Waals surface area contributed by atoms with Crippen LogP contribution in [0.4, 0.5) is 5.69 Å². The molecule has 7 heteroatoms. The van der Waals surface area contributed by atoms with E-state index in [0.29, 0.717) is 12.2 Å². The topological polar surface area (TPSA) is 64.0 Å². The predicted molar refractivity (Wildman–Crippen MR) is 74.1 cm³/mol. The van der Waals surface area contributed by atoms with Crippen LogP contribution in [0.15, 0.2) is 42.7 Å². The number of sulfonamides is 1. The first-order valence-electron chi connectivity index (χ1n) is 5.22. The van der Waals surface area contributed by atoms with E-state index in [4.69, 9.17) is 0 Å². The molecule has 18 heavy (non-hydrogen) atoms. The highest BCUT2D eigenvalue weighted by Gasteiger charge is 2.07. The summed E-state index contributed by atoms with van der Waals surface area (Å²) in [5, 5.41) is 4.11. The van der Waals surface area contributed by atoms with E-state index in [1.165, 1.54) is 0 Å². The Morgan fingerprint density at radius 1 is 1.28 bits per heavy atom. The lowest BCUT2D eigenvalue weighted by molar-refractivity contribution is 0.606. The van der Waals surface area contributed by atoms with E-state index < -0.39 is 10.0 Å². The quantitative estimate of drug-likeness (QED) is 0.853. The Balaban J connectivity index is 2.06. The molecule has 1 aromatic heterocycles. The van der Waals surface area contributed by atoms with Crippen LogP contribution in [0.1, 0.15) is 5.56 Å². The highest BCUT2D eigenvalue weighted by molar-refractivity contribution is 9.10. The molecule has 0 amide bonds. The molecule has 0 fully saturated rings. The van der Waals surface area contributed by atoms with Gasteiger partial charge in [-0.3, -0.25) is 9.40 Å². The standard InChI is InChI=1S/C11H12BrN3O2S/c12-9-18(16,17)14-11-4-2-10(3-5-11)8-15-7-1-6-13-15/h1-7,14H,8-9H2. The van der Waals surface area contributed by atoms with Gasteiger partial charge < -0.3 is 0 Å². The molecule has 0 aliphatic carbocycles. The van der Waals surface area contributed by atoms with Crippen molar-refractivity contribution >= 4 is 31.6 Å². The Hall–Kier alpha value is -1.34. The average molecular weight is 330 g/mol. The lowest BCUT2D eigenvalue weighted by Gasteiger charge is -2.07. The van der Waals surface area contributed by atoms with Crippen molar-refractivity contribution < 1.29 is 8.42 Å². The second-order valence-corrected chi connectivity index (χ2v) is 6.75. The van der Waals surface area contributed by atoms with Crippen molar-refractivity contribution in [3.63, 3.8) is 0 Å². The summed E-state index contributed by atoms with van der Waals surface area (Å²) in [4.78, 5) is 0. The van der Waals surface area contributed by atoms with E-state index in [0.717, 1.165) is 5.56 Å².